The maximum absolute atomic E-state index is 12.0. The highest BCUT2D eigenvalue weighted by molar-refractivity contribution is 5.76. The van der Waals surface area contributed by atoms with Crippen LogP contribution < -0.4 is 10.6 Å². The van der Waals surface area contributed by atoms with E-state index in [0.717, 1.165) is 18.7 Å². The van der Waals surface area contributed by atoms with Crippen molar-refractivity contribution in [3.63, 3.8) is 0 Å². The number of aromatic nitrogens is 2. The van der Waals surface area contributed by atoms with Crippen molar-refractivity contribution >= 4 is 5.91 Å². The fourth-order valence-corrected chi connectivity index (χ4v) is 3.42. The first-order chi connectivity index (χ1) is 9.20. The van der Waals surface area contributed by atoms with Crippen LogP contribution in [-0.2, 0) is 18.4 Å². The van der Waals surface area contributed by atoms with Crippen molar-refractivity contribution in [1.82, 2.24) is 20.2 Å². The number of nitrogens with one attached hydrogen (secondary N) is 2. The van der Waals surface area contributed by atoms with E-state index < -0.39 is 0 Å². The molecule has 3 heterocycles. The normalized spacial score (nSPS) is 29.4. The minimum absolute atomic E-state index is 0.161. The first-order valence-electron chi connectivity index (χ1n) is 7.19. The summed E-state index contributed by atoms with van der Waals surface area (Å²) in [5.41, 5.74) is 0. The Hall–Kier alpha value is -1.36. The highest BCUT2D eigenvalue weighted by atomic mass is 16.1. The number of nitrogens with zero attached hydrogens (tertiary/aromatic N) is 2. The molecule has 0 aromatic carbocycles. The summed E-state index contributed by atoms with van der Waals surface area (Å²) in [6.07, 6.45) is 9.21. The van der Waals surface area contributed by atoms with Gasteiger partial charge in [0.25, 0.3) is 0 Å². The number of hydrogen-bond donors (Lipinski definition) is 2. The maximum Gasteiger partial charge on any atom is 0.220 e. The molecule has 2 bridgehead atoms. The quantitative estimate of drug-likeness (QED) is 0.849. The van der Waals surface area contributed by atoms with E-state index in [9.17, 15) is 4.79 Å². The van der Waals surface area contributed by atoms with Gasteiger partial charge in [-0.05, 0) is 31.6 Å². The Morgan fingerprint density at radius 2 is 2.21 bits per heavy atom. The lowest BCUT2D eigenvalue weighted by Crippen LogP contribution is -2.39. The minimum Gasteiger partial charge on any atom is -0.349 e. The molecular weight excluding hydrogens is 240 g/mol. The van der Waals surface area contributed by atoms with Gasteiger partial charge in [0.05, 0.1) is 6.54 Å². The fourth-order valence-electron chi connectivity index (χ4n) is 3.42. The van der Waals surface area contributed by atoms with Crippen molar-refractivity contribution in [3.05, 3.63) is 18.2 Å². The summed E-state index contributed by atoms with van der Waals surface area (Å²) in [6, 6.07) is 1.32. The van der Waals surface area contributed by atoms with Gasteiger partial charge in [-0.25, -0.2) is 4.98 Å². The van der Waals surface area contributed by atoms with Crippen LogP contribution in [0.4, 0.5) is 0 Å². The average molecular weight is 262 g/mol. The molecule has 2 saturated heterocycles. The monoisotopic (exact) mass is 262 g/mol. The molecule has 1 aromatic rings. The van der Waals surface area contributed by atoms with Crippen molar-refractivity contribution < 1.29 is 4.79 Å². The molecule has 19 heavy (non-hydrogen) atoms. The molecule has 0 saturated carbocycles. The Bertz CT molecular complexity index is 444. The van der Waals surface area contributed by atoms with Crippen LogP contribution in [0.1, 0.15) is 37.9 Å². The zero-order valence-corrected chi connectivity index (χ0v) is 11.4. The second-order valence-corrected chi connectivity index (χ2v) is 5.91. The minimum atomic E-state index is 0.161. The summed E-state index contributed by atoms with van der Waals surface area (Å²) < 4.78 is 1.94. The van der Waals surface area contributed by atoms with E-state index in [0.29, 0.717) is 31.0 Å². The van der Waals surface area contributed by atoms with Crippen LogP contribution in [-0.4, -0.2) is 27.5 Å². The Morgan fingerprint density at radius 1 is 1.47 bits per heavy atom. The molecule has 104 valence electrons. The van der Waals surface area contributed by atoms with Crippen LogP contribution in [0.15, 0.2) is 12.4 Å². The van der Waals surface area contributed by atoms with Crippen molar-refractivity contribution in [2.75, 3.05) is 0 Å². The van der Waals surface area contributed by atoms with E-state index >= 15 is 0 Å². The molecule has 2 aliphatic rings. The molecule has 5 heteroatoms. The molecule has 3 rings (SSSR count). The molecule has 0 aliphatic carbocycles. The van der Waals surface area contributed by atoms with Crippen molar-refractivity contribution in [2.45, 2.75) is 50.7 Å². The Labute approximate surface area is 113 Å². The number of amides is 1. The van der Waals surface area contributed by atoms with Gasteiger partial charge in [0.15, 0.2) is 0 Å². The van der Waals surface area contributed by atoms with E-state index in [1.165, 1.54) is 12.8 Å². The van der Waals surface area contributed by atoms with E-state index in [1.807, 2.05) is 17.8 Å². The van der Waals surface area contributed by atoms with Crippen LogP contribution in [0.2, 0.25) is 0 Å². The van der Waals surface area contributed by atoms with Crippen molar-refractivity contribution in [1.29, 1.82) is 0 Å². The van der Waals surface area contributed by atoms with Gasteiger partial charge in [-0.2, -0.15) is 0 Å². The molecule has 1 amide bonds. The van der Waals surface area contributed by atoms with Crippen LogP contribution in [0.5, 0.6) is 0 Å². The van der Waals surface area contributed by atoms with Crippen LogP contribution in [0.25, 0.3) is 0 Å². The third kappa shape index (κ3) is 2.97. The van der Waals surface area contributed by atoms with Gasteiger partial charge >= 0.3 is 0 Å². The number of imidazole rings is 1. The SMILES string of the molecule is Cn1ccnc1CNC(=O)CC1CC2CCC(C1)N2. The molecule has 0 radical (unpaired) electrons. The number of piperidine rings is 1. The topological polar surface area (TPSA) is 59.0 Å². The molecule has 0 spiro atoms. The number of fused-ring (bicyclic) bond motifs is 2. The molecule has 2 unspecified atom stereocenters. The van der Waals surface area contributed by atoms with Gasteiger partial charge in [0, 0.05) is 37.9 Å². The Morgan fingerprint density at radius 3 is 2.84 bits per heavy atom. The second kappa shape index (κ2) is 5.33. The first-order valence-corrected chi connectivity index (χ1v) is 7.19. The zero-order valence-electron chi connectivity index (χ0n) is 11.4. The number of aryl methyl sites for hydroxylation is 1. The van der Waals surface area contributed by atoms with Gasteiger partial charge in [-0.1, -0.05) is 0 Å². The van der Waals surface area contributed by atoms with Crippen molar-refractivity contribution in [2.24, 2.45) is 13.0 Å². The summed E-state index contributed by atoms with van der Waals surface area (Å²) in [5, 5.41) is 6.59. The smallest absolute Gasteiger partial charge is 0.220 e. The molecule has 2 N–H and O–H groups in total. The zero-order chi connectivity index (χ0) is 13.2. The van der Waals surface area contributed by atoms with Gasteiger partial charge < -0.3 is 15.2 Å². The lowest BCUT2D eigenvalue weighted by atomic mass is 9.89. The van der Waals surface area contributed by atoms with E-state index in [1.54, 1.807) is 6.20 Å². The number of carbonyl (C=O) groups excluding carboxylic acids is 1. The maximum atomic E-state index is 12.0. The molecule has 2 atom stereocenters. The van der Waals surface area contributed by atoms with Crippen LogP contribution in [0, 0.1) is 5.92 Å². The van der Waals surface area contributed by atoms with E-state index in [-0.39, 0.29) is 5.91 Å². The number of hydrogen-bond acceptors (Lipinski definition) is 3. The summed E-state index contributed by atoms with van der Waals surface area (Å²) in [4.78, 5) is 16.2. The van der Waals surface area contributed by atoms with Crippen molar-refractivity contribution in [3.8, 4) is 0 Å². The van der Waals surface area contributed by atoms with E-state index in [4.69, 9.17) is 0 Å². The molecule has 2 fully saturated rings. The lowest BCUT2D eigenvalue weighted by molar-refractivity contribution is -0.122. The largest absolute Gasteiger partial charge is 0.349 e. The number of rotatable bonds is 4. The predicted molar refractivity (Wildman–Crippen MR) is 72.3 cm³/mol. The average Bonchev–Trinajstić information content (AvgIpc) is 2.93. The van der Waals surface area contributed by atoms with Gasteiger partial charge in [0.1, 0.15) is 5.82 Å². The lowest BCUT2D eigenvalue weighted by Gasteiger charge is -2.28. The standard InChI is InChI=1S/C14H22N4O/c1-18-5-4-15-13(18)9-16-14(19)8-10-6-11-2-3-12(7-10)17-11/h4-5,10-12,17H,2-3,6-9H2,1H3,(H,16,19). The molecule has 5 nitrogen and oxygen atoms in total. The van der Waals surface area contributed by atoms with Crippen LogP contribution in [0.3, 0.4) is 0 Å². The highest BCUT2D eigenvalue weighted by Crippen LogP contribution is 2.32. The molecule has 1 aromatic heterocycles. The summed E-state index contributed by atoms with van der Waals surface area (Å²) >= 11 is 0. The summed E-state index contributed by atoms with van der Waals surface area (Å²) in [5.74, 6) is 1.62. The fraction of sp³-hybridized carbons (Fsp3) is 0.714. The highest BCUT2D eigenvalue weighted by Gasteiger charge is 2.34. The van der Waals surface area contributed by atoms with Gasteiger partial charge in [-0.15, -0.1) is 0 Å². The third-order valence-corrected chi connectivity index (χ3v) is 4.41. The molecule has 2 aliphatic heterocycles. The predicted octanol–water partition coefficient (Wildman–Crippen LogP) is 0.957. The molecular formula is C14H22N4O. The van der Waals surface area contributed by atoms with Gasteiger partial charge in [0.2, 0.25) is 5.91 Å². The van der Waals surface area contributed by atoms with Gasteiger partial charge in [-0.3, -0.25) is 4.79 Å². The Kier molecular flexibility index (Phi) is 3.55. The Balaban J connectivity index is 1.45. The first kappa shape index (κ1) is 12.7. The second-order valence-electron chi connectivity index (χ2n) is 5.91. The van der Waals surface area contributed by atoms with Crippen LogP contribution >= 0.6 is 0 Å². The summed E-state index contributed by atoms with van der Waals surface area (Å²) in [7, 11) is 1.94. The summed E-state index contributed by atoms with van der Waals surface area (Å²) in [6.45, 7) is 0.528. The number of carbonyl (C=O) groups is 1. The van der Waals surface area contributed by atoms with E-state index in [2.05, 4.69) is 15.6 Å². The third-order valence-electron chi connectivity index (χ3n) is 4.41.